The number of rotatable bonds is 5. The molecule has 3 aromatic carbocycles. The van der Waals surface area contributed by atoms with Gasteiger partial charge >= 0.3 is 0 Å². The second kappa shape index (κ2) is 10.7. The van der Waals surface area contributed by atoms with Crippen molar-refractivity contribution in [2.45, 2.75) is 45.6 Å². The molecule has 0 bridgehead atoms. The van der Waals surface area contributed by atoms with E-state index in [1.807, 2.05) is 61.2 Å². The summed E-state index contributed by atoms with van der Waals surface area (Å²) in [6.07, 6.45) is 1.91. The fourth-order valence-corrected chi connectivity index (χ4v) is 5.84. The van der Waals surface area contributed by atoms with Crippen molar-refractivity contribution in [1.29, 1.82) is 5.26 Å². The Morgan fingerprint density at radius 2 is 1.84 bits per heavy atom. The predicted octanol–water partition coefficient (Wildman–Crippen LogP) is 7.60. The summed E-state index contributed by atoms with van der Waals surface area (Å²) in [5.74, 6) is 0.497. The quantitative estimate of drug-likeness (QED) is 0.332. The summed E-state index contributed by atoms with van der Waals surface area (Å²) in [6.45, 7) is 4.35. The minimum absolute atomic E-state index is 0.0625. The molecule has 2 aliphatic rings. The number of nitrogens with zero attached hydrogens (tertiary/aromatic N) is 2. The molecular weight excluding hydrogens is 562 g/mol. The van der Waals surface area contributed by atoms with Crippen molar-refractivity contribution in [1.82, 2.24) is 0 Å². The summed E-state index contributed by atoms with van der Waals surface area (Å²) in [7, 11) is 0. The number of para-hydroxylation sites is 1. The molecular formula is C31H27BrClN3O2. The molecule has 192 valence electrons. The Hall–Kier alpha value is -3.53. The predicted molar refractivity (Wildman–Crippen MR) is 154 cm³/mol. The lowest BCUT2D eigenvalue weighted by Gasteiger charge is -2.40. The fourth-order valence-electron chi connectivity index (χ4n) is 5.38. The van der Waals surface area contributed by atoms with Crippen molar-refractivity contribution >= 4 is 39.0 Å². The van der Waals surface area contributed by atoms with E-state index in [-0.39, 0.29) is 5.78 Å². The fraction of sp³-hybridized carbons (Fsp3) is 0.226. The normalized spacial score (nSPS) is 17.4. The first-order valence-corrected chi connectivity index (χ1v) is 13.7. The molecule has 0 saturated heterocycles. The summed E-state index contributed by atoms with van der Waals surface area (Å²) >= 11 is 9.78. The van der Waals surface area contributed by atoms with E-state index in [4.69, 9.17) is 22.1 Å². The van der Waals surface area contributed by atoms with Crippen LogP contribution in [0.5, 0.6) is 5.75 Å². The van der Waals surface area contributed by atoms with Crippen LogP contribution in [0.15, 0.2) is 87.8 Å². The number of hydrogen-bond donors (Lipinski definition) is 1. The number of halogens is 2. The van der Waals surface area contributed by atoms with E-state index in [1.165, 1.54) is 0 Å². The largest absolute Gasteiger partial charge is 0.487 e. The van der Waals surface area contributed by atoms with Crippen LogP contribution in [-0.4, -0.2) is 5.78 Å². The standard InChI is InChI=1S/C31H27BrClN3O2/c1-18-14-19(2)23(15-20(18)17-38-28-9-4-3-6-25(28)33)29-24(16-34)31(35)36(22-12-10-21(32)11-13-22)26-7-5-8-27(37)30(26)29/h3-4,6,9-15,29H,5,7-8,17,35H2,1-2H3. The Balaban J connectivity index is 1.63. The van der Waals surface area contributed by atoms with E-state index in [2.05, 4.69) is 34.1 Å². The number of aryl methyl sites for hydroxylation is 2. The third-order valence-electron chi connectivity index (χ3n) is 7.25. The molecule has 0 saturated carbocycles. The summed E-state index contributed by atoms with van der Waals surface area (Å²) < 4.78 is 6.99. The van der Waals surface area contributed by atoms with E-state index in [1.54, 1.807) is 6.07 Å². The third kappa shape index (κ3) is 4.73. The first-order valence-electron chi connectivity index (χ1n) is 12.5. The van der Waals surface area contributed by atoms with Gasteiger partial charge < -0.3 is 10.5 Å². The van der Waals surface area contributed by atoms with Gasteiger partial charge in [0.25, 0.3) is 0 Å². The van der Waals surface area contributed by atoms with Crippen molar-refractivity contribution < 1.29 is 9.53 Å². The molecule has 0 amide bonds. The Morgan fingerprint density at radius 3 is 2.55 bits per heavy atom. The zero-order valence-electron chi connectivity index (χ0n) is 21.2. The molecule has 1 aliphatic heterocycles. The molecule has 1 aliphatic carbocycles. The van der Waals surface area contributed by atoms with Crippen molar-refractivity contribution in [2.75, 3.05) is 4.90 Å². The number of allylic oxidation sites excluding steroid dienone is 3. The zero-order valence-corrected chi connectivity index (χ0v) is 23.6. The van der Waals surface area contributed by atoms with Gasteiger partial charge in [0.05, 0.1) is 22.6 Å². The van der Waals surface area contributed by atoms with Gasteiger partial charge in [-0.05, 0) is 85.3 Å². The average Bonchev–Trinajstić information content (AvgIpc) is 2.89. The van der Waals surface area contributed by atoms with Crippen LogP contribution in [0.3, 0.4) is 0 Å². The second-order valence-corrected chi connectivity index (χ2v) is 11.0. The first-order chi connectivity index (χ1) is 18.3. The monoisotopic (exact) mass is 587 g/mol. The van der Waals surface area contributed by atoms with Gasteiger partial charge in [0.1, 0.15) is 18.2 Å². The highest BCUT2D eigenvalue weighted by molar-refractivity contribution is 9.10. The van der Waals surface area contributed by atoms with Gasteiger partial charge in [0.2, 0.25) is 0 Å². The summed E-state index contributed by atoms with van der Waals surface area (Å²) in [5, 5.41) is 10.9. The van der Waals surface area contributed by atoms with Gasteiger partial charge in [-0.15, -0.1) is 0 Å². The SMILES string of the molecule is Cc1cc(C)c(C2C(C#N)=C(N)N(c3ccc(Br)cc3)C3=C2C(=O)CCC3)cc1COc1ccccc1Cl. The lowest BCUT2D eigenvalue weighted by Crippen LogP contribution is -2.38. The van der Waals surface area contributed by atoms with Gasteiger partial charge in [-0.3, -0.25) is 9.69 Å². The average molecular weight is 589 g/mol. The van der Waals surface area contributed by atoms with Gasteiger partial charge in [0.15, 0.2) is 5.78 Å². The zero-order chi connectivity index (χ0) is 27.0. The summed E-state index contributed by atoms with van der Waals surface area (Å²) in [6, 6.07) is 21.6. The molecule has 3 aromatic rings. The Labute approximate surface area is 236 Å². The maximum absolute atomic E-state index is 13.5. The smallest absolute Gasteiger partial charge is 0.161 e. The van der Waals surface area contributed by atoms with Crippen molar-refractivity contribution in [3.05, 3.63) is 115 Å². The highest BCUT2D eigenvalue weighted by Gasteiger charge is 2.41. The van der Waals surface area contributed by atoms with Crippen molar-refractivity contribution in [2.24, 2.45) is 5.73 Å². The molecule has 5 rings (SSSR count). The van der Waals surface area contributed by atoms with E-state index >= 15 is 0 Å². The van der Waals surface area contributed by atoms with Crippen LogP contribution in [0.1, 0.15) is 47.4 Å². The molecule has 0 radical (unpaired) electrons. The number of carbonyl (C=O) groups excluding carboxylic acids is 1. The van der Waals surface area contributed by atoms with Crippen LogP contribution in [0, 0.1) is 25.2 Å². The molecule has 0 aromatic heterocycles. The molecule has 0 fully saturated rings. The molecule has 1 unspecified atom stereocenters. The number of hydrogen-bond acceptors (Lipinski definition) is 5. The van der Waals surface area contributed by atoms with Crippen LogP contribution in [0.2, 0.25) is 5.02 Å². The number of anilines is 1. The summed E-state index contributed by atoms with van der Waals surface area (Å²) in [4.78, 5) is 15.4. The number of nitriles is 1. The van der Waals surface area contributed by atoms with E-state index in [0.717, 1.165) is 44.5 Å². The van der Waals surface area contributed by atoms with Gasteiger partial charge in [-0.2, -0.15) is 5.26 Å². The van der Waals surface area contributed by atoms with Gasteiger partial charge in [-0.1, -0.05) is 51.8 Å². The molecule has 1 atom stereocenters. The number of nitrogens with two attached hydrogens (primary N) is 1. The topological polar surface area (TPSA) is 79.4 Å². The molecule has 1 heterocycles. The molecule has 0 spiro atoms. The van der Waals surface area contributed by atoms with Crippen LogP contribution in [0.4, 0.5) is 5.69 Å². The number of ether oxygens (including phenoxy) is 1. The highest BCUT2D eigenvalue weighted by Crippen LogP contribution is 2.47. The number of ketones is 1. The van der Waals surface area contributed by atoms with Gasteiger partial charge in [-0.25, -0.2) is 0 Å². The lowest BCUT2D eigenvalue weighted by atomic mass is 9.74. The van der Waals surface area contributed by atoms with Crippen LogP contribution in [0.25, 0.3) is 0 Å². The maximum Gasteiger partial charge on any atom is 0.161 e. The minimum Gasteiger partial charge on any atom is -0.487 e. The minimum atomic E-state index is -0.533. The number of benzene rings is 3. The van der Waals surface area contributed by atoms with Crippen LogP contribution >= 0.6 is 27.5 Å². The molecule has 5 nitrogen and oxygen atoms in total. The van der Waals surface area contributed by atoms with Crippen LogP contribution in [-0.2, 0) is 11.4 Å². The Kier molecular flexibility index (Phi) is 7.34. The number of carbonyl (C=O) groups is 1. The maximum atomic E-state index is 13.5. The molecule has 2 N–H and O–H groups in total. The highest BCUT2D eigenvalue weighted by atomic mass is 79.9. The first kappa shape index (κ1) is 26.1. The second-order valence-electron chi connectivity index (χ2n) is 9.65. The van der Waals surface area contributed by atoms with E-state index in [9.17, 15) is 10.1 Å². The Bertz CT molecular complexity index is 1540. The molecule has 38 heavy (non-hydrogen) atoms. The number of Topliss-reactive ketones (excluding diaryl/α,β-unsaturated/α-hetero) is 1. The van der Waals surface area contributed by atoms with Crippen molar-refractivity contribution in [3.63, 3.8) is 0 Å². The van der Waals surface area contributed by atoms with Gasteiger partial charge in [0, 0.05) is 27.9 Å². The third-order valence-corrected chi connectivity index (χ3v) is 8.09. The lowest BCUT2D eigenvalue weighted by molar-refractivity contribution is -0.116. The summed E-state index contributed by atoms with van der Waals surface area (Å²) in [5.41, 5.74) is 13.4. The van der Waals surface area contributed by atoms with E-state index < -0.39 is 5.92 Å². The molecule has 7 heteroatoms. The Morgan fingerprint density at radius 1 is 1.11 bits per heavy atom. The van der Waals surface area contributed by atoms with Crippen LogP contribution < -0.4 is 15.4 Å². The van der Waals surface area contributed by atoms with E-state index in [0.29, 0.717) is 47.2 Å². The van der Waals surface area contributed by atoms with Crippen molar-refractivity contribution in [3.8, 4) is 11.8 Å².